The van der Waals surface area contributed by atoms with Gasteiger partial charge in [-0.3, -0.25) is 9.48 Å². The van der Waals surface area contributed by atoms with Gasteiger partial charge >= 0.3 is 0 Å². The van der Waals surface area contributed by atoms with Gasteiger partial charge in [0, 0.05) is 18.8 Å². The Morgan fingerprint density at radius 2 is 1.92 bits per heavy atom. The lowest BCUT2D eigenvalue weighted by atomic mass is 10.1. The van der Waals surface area contributed by atoms with Gasteiger partial charge in [-0.2, -0.15) is 5.10 Å². The fourth-order valence-electron chi connectivity index (χ4n) is 4.49. The van der Waals surface area contributed by atoms with E-state index >= 15 is 0 Å². The van der Waals surface area contributed by atoms with Gasteiger partial charge in [-0.25, -0.2) is 0 Å². The van der Waals surface area contributed by atoms with Crippen molar-refractivity contribution in [2.24, 2.45) is 7.05 Å². The number of aromatic nitrogens is 2. The fourth-order valence-corrected chi connectivity index (χ4v) is 4.49. The molecule has 1 aromatic heterocycles. The van der Waals surface area contributed by atoms with E-state index in [1.54, 1.807) is 0 Å². The Kier molecular flexibility index (Phi) is 4.60. The molecule has 25 heavy (non-hydrogen) atoms. The first-order valence-electron chi connectivity index (χ1n) is 9.59. The Balaban J connectivity index is 1.56. The first-order chi connectivity index (χ1) is 12.2. The van der Waals surface area contributed by atoms with Crippen LogP contribution in [-0.2, 0) is 37.6 Å². The van der Waals surface area contributed by atoms with E-state index in [1.807, 2.05) is 42.1 Å². The van der Waals surface area contributed by atoms with Crippen molar-refractivity contribution in [1.29, 1.82) is 0 Å². The zero-order chi connectivity index (χ0) is 17.2. The molecule has 4 heteroatoms. The van der Waals surface area contributed by atoms with Crippen molar-refractivity contribution in [3.05, 3.63) is 52.8 Å². The van der Waals surface area contributed by atoms with Gasteiger partial charge in [0.15, 0.2) is 0 Å². The summed E-state index contributed by atoms with van der Waals surface area (Å²) < 4.78 is 2.03. The molecule has 1 heterocycles. The molecule has 0 N–H and O–H groups in total. The molecule has 1 amide bonds. The van der Waals surface area contributed by atoms with E-state index < -0.39 is 0 Å². The third-order valence-electron chi connectivity index (χ3n) is 5.80. The van der Waals surface area contributed by atoms with Crippen molar-refractivity contribution >= 4 is 5.91 Å². The molecule has 1 aromatic carbocycles. The van der Waals surface area contributed by atoms with Crippen molar-refractivity contribution in [2.45, 2.75) is 64.0 Å². The molecule has 0 aliphatic heterocycles. The molecular weight excluding hydrogens is 310 g/mol. The smallest absolute Gasteiger partial charge is 0.227 e. The number of carbonyl (C=O) groups excluding carboxylic acids is 1. The van der Waals surface area contributed by atoms with E-state index in [4.69, 9.17) is 5.10 Å². The summed E-state index contributed by atoms with van der Waals surface area (Å²) in [6, 6.07) is 10.5. The van der Waals surface area contributed by atoms with Gasteiger partial charge < -0.3 is 4.90 Å². The van der Waals surface area contributed by atoms with Crippen LogP contribution in [0, 0.1) is 0 Å². The normalized spacial score (nSPS) is 17.0. The zero-order valence-corrected chi connectivity index (χ0v) is 15.1. The highest BCUT2D eigenvalue weighted by Crippen LogP contribution is 2.29. The van der Waals surface area contributed by atoms with Gasteiger partial charge in [0.2, 0.25) is 5.91 Å². The third-order valence-corrected chi connectivity index (χ3v) is 5.80. The monoisotopic (exact) mass is 337 g/mol. The highest BCUT2D eigenvalue weighted by atomic mass is 16.2. The maximum Gasteiger partial charge on any atom is 0.227 e. The van der Waals surface area contributed by atoms with Crippen LogP contribution in [0.3, 0.4) is 0 Å². The second-order valence-corrected chi connectivity index (χ2v) is 7.47. The number of hydrogen-bond donors (Lipinski definition) is 0. The second-order valence-electron chi connectivity index (χ2n) is 7.47. The summed E-state index contributed by atoms with van der Waals surface area (Å²) in [6.07, 6.45) is 8.69. The van der Waals surface area contributed by atoms with E-state index in [2.05, 4.69) is 4.90 Å². The Labute approximate surface area is 149 Å². The van der Waals surface area contributed by atoms with Gasteiger partial charge in [0.25, 0.3) is 0 Å². The standard InChI is InChI=1S/C21H27N3O/c1-23-20-13-7-12-18(20)19(22-23)15-24(17-10-5-6-11-17)21(25)14-16-8-3-2-4-9-16/h2-4,8-9,17H,5-7,10-15H2,1H3. The fraction of sp³-hybridized carbons (Fsp3) is 0.524. The Morgan fingerprint density at radius 1 is 1.16 bits per heavy atom. The molecule has 0 radical (unpaired) electrons. The average Bonchev–Trinajstić information content (AvgIpc) is 3.34. The molecule has 0 saturated heterocycles. The predicted octanol–water partition coefficient (Wildman–Crippen LogP) is 3.42. The van der Waals surface area contributed by atoms with E-state index in [9.17, 15) is 4.79 Å². The van der Waals surface area contributed by atoms with Crippen molar-refractivity contribution in [3.8, 4) is 0 Å². The van der Waals surface area contributed by atoms with E-state index in [0.29, 0.717) is 19.0 Å². The molecule has 2 aliphatic carbocycles. The SMILES string of the molecule is Cn1nc(CN(C(=O)Cc2ccccc2)C2CCCC2)c2c1CCC2. The quantitative estimate of drug-likeness (QED) is 0.838. The van der Waals surface area contributed by atoms with Gasteiger partial charge in [-0.1, -0.05) is 43.2 Å². The molecule has 4 nitrogen and oxygen atoms in total. The van der Waals surface area contributed by atoms with Crippen LogP contribution in [0.5, 0.6) is 0 Å². The largest absolute Gasteiger partial charge is 0.333 e. The van der Waals surface area contributed by atoms with Crippen LogP contribution in [0.4, 0.5) is 0 Å². The minimum absolute atomic E-state index is 0.246. The molecule has 1 saturated carbocycles. The number of fused-ring (bicyclic) bond motifs is 1. The number of hydrogen-bond acceptors (Lipinski definition) is 2. The Morgan fingerprint density at radius 3 is 2.68 bits per heavy atom. The van der Waals surface area contributed by atoms with Crippen LogP contribution in [0.2, 0.25) is 0 Å². The number of rotatable bonds is 5. The highest BCUT2D eigenvalue weighted by molar-refractivity contribution is 5.79. The summed E-state index contributed by atoms with van der Waals surface area (Å²) >= 11 is 0. The Bertz CT molecular complexity index is 744. The molecule has 2 aliphatic rings. The minimum atomic E-state index is 0.246. The second kappa shape index (κ2) is 7.03. The summed E-state index contributed by atoms with van der Waals surface area (Å²) in [6.45, 7) is 0.680. The number of nitrogens with zero attached hydrogens (tertiary/aromatic N) is 3. The van der Waals surface area contributed by atoms with E-state index in [-0.39, 0.29) is 5.91 Å². The van der Waals surface area contributed by atoms with Gasteiger partial charge in [-0.15, -0.1) is 0 Å². The van der Waals surface area contributed by atoms with E-state index in [0.717, 1.165) is 36.9 Å². The molecule has 0 unspecified atom stereocenters. The first-order valence-corrected chi connectivity index (χ1v) is 9.59. The zero-order valence-electron chi connectivity index (χ0n) is 15.1. The lowest BCUT2D eigenvalue weighted by Crippen LogP contribution is -2.39. The van der Waals surface area contributed by atoms with Crippen LogP contribution in [0.1, 0.15) is 54.6 Å². The number of aryl methyl sites for hydroxylation is 1. The molecule has 4 rings (SSSR count). The van der Waals surface area contributed by atoms with Crippen molar-refractivity contribution in [3.63, 3.8) is 0 Å². The first kappa shape index (κ1) is 16.4. The van der Waals surface area contributed by atoms with Crippen molar-refractivity contribution < 1.29 is 4.79 Å². The topological polar surface area (TPSA) is 38.1 Å². The van der Waals surface area contributed by atoms with Crippen LogP contribution in [-0.4, -0.2) is 26.6 Å². The maximum atomic E-state index is 13.1. The molecule has 0 bridgehead atoms. The minimum Gasteiger partial charge on any atom is -0.333 e. The summed E-state index contributed by atoms with van der Waals surface area (Å²) in [4.78, 5) is 15.2. The molecule has 1 fully saturated rings. The van der Waals surface area contributed by atoms with Crippen molar-refractivity contribution in [2.75, 3.05) is 0 Å². The number of amides is 1. The van der Waals surface area contributed by atoms with Crippen molar-refractivity contribution in [1.82, 2.24) is 14.7 Å². The highest BCUT2D eigenvalue weighted by Gasteiger charge is 2.30. The molecule has 2 aromatic rings. The number of benzene rings is 1. The summed E-state index contributed by atoms with van der Waals surface area (Å²) in [7, 11) is 2.04. The van der Waals surface area contributed by atoms with Crippen LogP contribution in [0.25, 0.3) is 0 Å². The van der Waals surface area contributed by atoms with Gasteiger partial charge in [-0.05, 0) is 43.2 Å². The van der Waals surface area contributed by atoms with E-state index in [1.165, 1.54) is 30.5 Å². The molecular formula is C21H27N3O. The van der Waals surface area contributed by atoms with Gasteiger partial charge in [0.1, 0.15) is 0 Å². The van der Waals surface area contributed by atoms with Crippen LogP contribution in [0.15, 0.2) is 30.3 Å². The predicted molar refractivity (Wildman–Crippen MR) is 98.2 cm³/mol. The number of carbonyl (C=O) groups is 1. The Hall–Kier alpha value is -2.10. The third kappa shape index (κ3) is 3.35. The average molecular weight is 337 g/mol. The molecule has 0 spiro atoms. The lowest BCUT2D eigenvalue weighted by molar-refractivity contribution is -0.133. The molecule has 132 valence electrons. The molecule has 0 atom stereocenters. The maximum absolute atomic E-state index is 13.1. The lowest BCUT2D eigenvalue weighted by Gasteiger charge is -2.29. The summed E-state index contributed by atoms with van der Waals surface area (Å²) in [5.41, 5.74) is 5.00. The van der Waals surface area contributed by atoms with Crippen LogP contribution < -0.4 is 0 Å². The summed E-state index contributed by atoms with van der Waals surface area (Å²) in [5.74, 6) is 0.246. The van der Waals surface area contributed by atoms with Gasteiger partial charge in [0.05, 0.1) is 18.7 Å². The summed E-state index contributed by atoms with van der Waals surface area (Å²) in [5, 5.41) is 4.76. The van der Waals surface area contributed by atoms with Crippen LogP contribution >= 0.6 is 0 Å².